The number of rotatable bonds is 2. The SMILES string of the molecule is O=C1Cc2cnc([NH][Al])nc2N1C1CCCC1. The summed E-state index contributed by atoms with van der Waals surface area (Å²) >= 11 is 2.37. The molecule has 1 fully saturated rings. The summed E-state index contributed by atoms with van der Waals surface area (Å²) in [5.74, 6) is 1.52. The number of carbonyl (C=O) groups is 1. The molecular weight excluding hydrogens is 231 g/mol. The molecule has 0 spiro atoms. The Morgan fingerprint density at radius 2 is 2.18 bits per heavy atom. The highest BCUT2D eigenvalue weighted by atomic mass is 27.1. The first kappa shape index (κ1) is 11.0. The van der Waals surface area contributed by atoms with E-state index in [9.17, 15) is 4.79 Å². The van der Waals surface area contributed by atoms with Crippen LogP contribution in [0, 0.1) is 0 Å². The molecule has 6 heteroatoms. The zero-order chi connectivity index (χ0) is 11.8. The fourth-order valence-corrected chi connectivity index (χ4v) is 2.84. The maximum atomic E-state index is 12.1. The number of nitrogens with one attached hydrogen (secondary N) is 1. The second-order valence-electron chi connectivity index (χ2n) is 4.57. The van der Waals surface area contributed by atoms with Crippen LogP contribution < -0.4 is 9.20 Å². The molecule has 3 rings (SSSR count). The standard InChI is InChI=1S/C11H13N4O.Al/c12-11-13-6-7-5-9(16)15(10(7)14-11)8-3-1-2-4-8;/h6,8H,1-5H2,(H-,12,13,14);/q-1;+1. The van der Waals surface area contributed by atoms with Crippen molar-refractivity contribution in [3.05, 3.63) is 11.8 Å². The van der Waals surface area contributed by atoms with E-state index in [0.29, 0.717) is 18.4 Å². The fraction of sp³-hybridized carbons (Fsp3) is 0.545. The van der Waals surface area contributed by atoms with Gasteiger partial charge in [0.15, 0.2) is 5.95 Å². The molecule has 1 aromatic heterocycles. The van der Waals surface area contributed by atoms with Crippen LogP contribution in [0.3, 0.4) is 0 Å². The largest absolute Gasteiger partial charge is 0.461 e. The van der Waals surface area contributed by atoms with E-state index in [1.165, 1.54) is 12.8 Å². The molecule has 2 heterocycles. The second-order valence-corrected chi connectivity index (χ2v) is 4.85. The van der Waals surface area contributed by atoms with Gasteiger partial charge in [0.1, 0.15) is 5.82 Å². The molecule has 17 heavy (non-hydrogen) atoms. The minimum Gasteiger partial charge on any atom is -0.461 e. The van der Waals surface area contributed by atoms with Gasteiger partial charge in [-0.3, -0.25) is 9.69 Å². The number of carbonyl (C=O) groups excluding carboxylic acids is 1. The molecule has 1 aromatic rings. The summed E-state index contributed by atoms with van der Waals surface area (Å²) in [5, 5.41) is 0. The van der Waals surface area contributed by atoms with Crippen LogP contribution in [0.1, 0.15) is 31.2 Å². The number of aromatic nitrogens is 2. The Kier molecular flexibility index (Phi) is 2.77. The molecule has 0 saturated heterocycles. The number of nitrogens with zero attached hydrogens (tertiary/aromatic N) is 3. The van der Waals surface area contributed by atoms with Crippen molar-refractivity contribution < 1.29 is 4.79 Å². The monoisotopic (exact) mass is 244 g/mol. The fourth-order valence-electron chi connectivity index (χ4n) is 2.71. The number of amides is 1. The zero-order valence-electron chi connectivity index (χ0n) is 9.52. The summed E-state index contributed by atoms with van der Waals surface area (Å²) in [5.41, 5.74) is 0.950. The molecule has 2 aliphatic rings. The van der Waals surface area contributed by atoms with Crippen molar-refractivity contribution in [1.29, 1.82) is 0 Å². The van der Waals surface area contributed by atoms with E-state index in [2.05, 4.69) is 30.8 Å². The van der Waals surface area contributed by atoms with E-state index >= 15 is 0 Å². The van der Waals surface area contributed by atoms with Crippen LogP contribution in [0.5, 0.6) is 0 Å². The molecule has 1 amide bonds. The Balaban J connectivity index is 1.98. The molecule has 1 aliphatic carbocycles. The van der Waals surface area contributed by atoms with Crippen LogP contribution in [0.15, 0.2) is 6.20 Å². The van der Waals surface area contributed by atoms with E-state index in [4.69, 9.17) is 0 Å². The number of fused-ring (bicyclic) bond motifs is 1. The summed E-state index contributed by atoms with van der Waals surface area (Å²) in [6.07, 6.45) is 6.81. The van der Waals surface area contributed by atoms with Gasteiger partial charge in [0, 0.05) is 17.8 Å². The minimum atomic E-state index is 0.169. The summed E-state index contributed by atoms with van der Waals surface area (Å²) in [6.45, 7) is 0. The van der Waals surface area contributed by atoms with Gasteiger partial charge in [-0.1, -0.05) is 12.8 Å². The Morgan fingerprint density at radius 3 is 2.88 bits per heavy atom. The third kappa shape index (κ3) is 1.82. The lowest BCUT2D eigenvalue weighted by Gasteiger charge is -2.23. The van der Waals surface area contributed by atoms with Gasteiger partial charge in [-0.25, -0.2) is 4.98 Å². The molecule has 2 radical (unpaired) electrons. The van der Waals surface area contributed by atoms with Gasteiger partial charge in [-0.2, -0.15) is 4.98 Å². The van der Waals surface area contributed by atoms with Gasteiger partial charge in [0.2, 0.25) is 5.91 Å². The highest BCUT2D eigenvalue weighted by Crippen LogP contribution is 2.34. The van der Waals surface area contributed by atoms with Gasteiger partial charge in [0.25, 0.3) is 0 Å². The maximum Gasteiger partial charge on any atom is 0.310 e. The normalized spacial score (nSPS) is 19.8. The van der Waals surface area contributed by atoms with Crippen molar-refractivity contribution in [2.24, 2.45) is 0 Å². The lowest BCUT2D eigenvalue weighted by atomic mass is 10.2. The average Bonchev–Trinajstić information content (AvgIpc) is 2.93. The highest BCUT2D eigenvalue weighted by Gasteiger charge is 2.35. The predicted molar refractivity (Wildman–Crippen MR) is 64.9 cm³/mol. The zero-order valence-corrected chi connectivity index (χ0v) is 10.7. The molecule has 0 atom stereocenters. The third-order valence-corrected chi connectivity index (χ3v) is 3.76. The average molecular weight is 244 g/mol. The Hall–Kier alpha value is -1.12. The summed E-state index contributed by atoms with van der Waals surface area (Å²) in [6, 6.07) is 0.344. The van der Waals surface area contributed by atoms with Gasteiger partial charge >= 0.3 is 16.5 Å². The number of anilines is 2. The van der Waals surface area contributed by atoms with Crippen molar-refractivity contribution in [3.8, 4) is 0 Å². The van der Waals surface area contributed by atoms with E-state index < -0.39 is 0 Å². The van der Waals surface area contributed by atoms with Crippen LogP contribution in [0.25, 0.3) is 0 Å². The van der Waals surface area contributed by atoms with Gasteiger partial charge in [-0.15, -0.1) is 0 Å². The molecule has 5 nitrogen and oxygen atoms in total. The number of hydrogen-bond acceptors (Lipinski definition) is 4. The van der Waals surface area contributed by atoms with E-state index in [-0.39, 0.29) is 5.91 Å². The molecule has 1 saturated carbocycles. The molecule has 86 valence electrons. The summed E-state index contributed by atoms with van der Waals surface area (Å²) < 4.78 is 2.84. The highest BCUT2D eigenvalue weighted by molar-refractivity contribution is 6.15. The van der Waals surface area contributed by atoms with Crippen molar-refractivity contribution >= 4 is 34.2 Å². The van der Waals surface area contributed by atoms with E-state index in [1.54, 1.807) is 6.20 Å². The van der Waals surface area contributed by atoms with Crippen molar-refractivity contribution in [3.63, 3.8) is 0 Å². The second kappa shape index (κ2) is 4.28. The predicted octanol–water partition coefficient (Wildman–Crippen LogP) is 0.804. The Labute approximate surface area is 108 Å². The lowest BCUT2D eigenvalue weighted by molar-refractivity contribution is -0.117. The smallest absolute Gasteiger partial charge is 0.310 e. The van der Waals surface area contributed by atoms with Gasteiger partial charge in [-0.05, 0) is 12.8 Å². The van der Waals surface area contributed by atoms with E-state index in [0.717, 1.165) is 24.2 Å². The van der Waals surface area contributed by atoms with Crippen molar-refractivity contribution in [2.75, 3.05) is 9.20 Å². The Bertz CT molecular complexity index is 459. The molecule has 0 aromatic carbocycles. The molecule has 0 unspecified atom stereocenters. The van der Waals surface area contributed by atoms with Crippen LogP contribution in [0.4, 0.5) is 11.8 Å². The lowest BCUT2D eigenvalue weighted by Crippen LogP contribution is -2.36. The molecular formula is C11H13AlN4O. The Morgan fingerprint density at radius 1 is 1.41 bits per heavy atom. The number of hydrogen-bond donors (Lipinski definition) is 1. The first-order valence-electron chi connectivity index (χ1n) is 5.94. The summed E-state index contributed by atoms with van der Waals surface area (Å²) in [4.78, 5) is 22.5. The van der Waals surface area contributed by atoms with E-state index in [1.807, 2.05) is 4.90 Å². The van der Waals surface area contributed by atoms with Crippen LogP contribution in [0.2, 0.25) is 0 Å². The van der Waals surface area contributed by atoms with Crippen LogP contribution in [-0.4, -0.2) is 38.4 Å². The first-order chi connectivity index (χ1) is 8.29. The van der Waals surface area contributed by atoms with Crippen molar-refractivity contribution in [1.82, 2.24) is 9.97 Å². The quantitative estimate of drug-likeness (QED) is 0.782. The van der Waals surface area contributed by atoms with Crippen LogP contribution in [-0.2, 0) is 11.2 Å². The molecule has 0 bridgehead atoms. The molecule has 1 aliphatic heterocycles. The summed E-state index contributed by atoms with van der Waals surface area (Å²) in [7, 11) is 0. The van der Waals surface area contributed by atoms with Gasteiger partial charge < -0.3 is 4.30 Å². The molecule has 1 N–H and O–H groups in total. The van der Waals surface area contributed by atoms with Crippen LogP contribution >= 0.6 is 0 Å². The topological polar surface area (TPSA) is 58.1 Å². The maximum absolute atomic E-state index is 12.1. The minimum absolute atomic E-state index is 0.169. The van der Waals surface area contributed by atoms with Gasteiger partial charge in [0.05, 0.1) is 6.42 Å². The van der Waals surface area contributed by atoms with Crippen molar-refractivity contribution in [2.45, 2.75) is 38.1 Å². The third-order valence-electron chi connectivity index (χ3n) is 3.50. The first-order valence-corrected chi connectivity index (χ1v) is 6.52.